The third-order valence-electron chi connectivity index (χ3n) is 6.48. The number of carbonyl (C=O) groups excluding carboxylic acids is 3. The summed E-state index contributed by atoms with van der Waals surface area (Å²) in [7, 11) is 0. The molecule has 1 saturated heterocycles. The van der Waals surface area contributed by atoms with Crippen LogP contribution < -0.4 is 10.1 Å². The van der Waals surface area contributed by atoms with Gasteiger partial charge in [-0.1, -0.05) is 0 Å². The highest BCUT2D eigenvalue weighted by Crippen LogP contribution is 2.31. The zero-order valence-electron chi connectivity index (χ0n) is 21.5. The van der Waals surface area contributed by atoms with Crippen LogP contribution in [0.25, 0.3) is 11.0 Å². The van der Waals surface area contributed by atoms with Crippen molar-refractivity contribution in [3.05, 3.63) is 75.9 Å². The number of nitrogens with zero attached hydrogens (tertiary/aromatic N) is 2. The van der Waals surface area contributed by atoms with Crippen molar-refractivity contribution in [2.75, 3.05) is 18.4 Å². The van der Waals surface area contributed by atoms with Gasteiger partial charge in [-0.05, 0) is 75.2 Å². The molecule has 0 aliphatic carbocycles. The van der Waals surface area contributed by atoms with E-state index in [2.05, 4.69) is 10.3 Å². The Labute approximate surface area is 224 Å². The molecule has 9 heteroatoms. The number of Topliss-reactive ketones (excluding diaryl/α,β-unsaturated/α-hetero) is 1. The van der Waals surface area contributed by atoms with Gasteiger partial charge < -0.3 is 19.4 Å². The first-order chi connectivity index (χ1) is 18.3. The number of benzene rings is 2. The zero-order valence-corrected chi connectivity index (χ0v) is 22.3. The number of rotatable bonds is 7. The molecule has 2 amide bonds. The molecular formula is C29H29N3O5S. The Morgan fingerprint density at radius 2 is 1.82 bits per heavy atom. The first-order valence-corrected chi connectivity index (χ1v) is 13.5. The molecule has 2 aromatic carbocycles. The second-order valence-corrected chi connectivity index (χ2v) is 10.6. The van der Waals surface area contributed by atoms with Crippen LogP contribution in [0.2, 0.25) is 0 Å². The molecule has 1 N–H and O–H groups in total. The second-order valence-electron chi connectivity index (χ2n) is 9.70. The summed E-state index contributed by atoms with van der Waals surface area (Å²) < 4.78 is 11.2. The number of furan rings is 1. The third-order valence-corrected chi connectivity index (χ3v) is 7.49. The highest BCUT2D eigenvalue weighted by atomic mass is 32.1. The number of carbonyl (C=O) groups is 3. The van der Waals surface area contributed by atoms with E-state index < -0.39 is 0 Å². The van der Waals surface area contributed by atoms with Gasteiger partial charge in [0.25, 0.3) is 11.8 Å². The van der Waals surface area contributed by atoms with Crippen molar-refractivity contribution in [1.29, 1.82) is 0 Å². The zero-order chi connectivity index (χ0) is 26.8. The summed E-state index contributed by atoms with van der Waals surface area (Å²) in [6.07, 6.45) is 1.68. The topological polar surface area (TPSA) is 102 Å². The van der Waals surface area contributed by atoms with E-state index in [4.69, 9.17) is 9.15 Å². The maximum absolute atomic E-state index is 13.0. The van der Waals surface area contributed by atoms with Gasteiger partial charge in [0.2, 0.25) is 0 Å². The van der Waals surface area contributed by atoms with Crippen LogP contribution in [0, 0.1) is 0 Å². The average Bonchev–Trinajstić information content (AvgIpc) is 3.56. The van der Waals surface area contributed by atoms with Gasteiger partial charge in [0.1, 0.15) is 17.0 Å². The van der Waals surface area contributed by atoms with E-state index in [0.29, 0.717) is 35.6 Å². The minimum atomic E-state index is -0.292. The Morgan fingerprint density at radius 3 is 2.50 bits per heavy atom. The lowest BCUT2D eigenvalue weighted by molar-refractivity contribution is 0.0712. The van der Waals surface area contributed by atoms with Gasteiger partial charge in [-0.25, -0.2) is 4.98 Å². The van der Waals surface area contributed by atoms with E-state index in [-0.39, 0.29) is 35.4 Å². The van der Waals surface area contributed by atoms with E-state index >= 15 is 0 Å². The van der Waals surface area contributed by atoms with Gasteiger partial charge in [-0.15, -0.1) is 11.3 Å². The van der Waals surface area contributed by atoms with Gasteiger partial charge in [-0.2, -0.15) is 0 Å². The molecule has 0 bridgehead atoms. The summed E-state index contributed by atoms with van der Waals surface area (Å²) >= 11 is 1.47. The molecule has 196 valence electrons. The van der Waals surface area contributed by atoms with Crippen LogP contribution >= 0.6 is 11.3 Å². The first kappa shape index (κ1) is 25.7. The predicted molar refractivity (Wildman–Crippen MR) is 146 cm³/mol. The van der Waals surface area contributed by atoms with Gasteiger partial charge in [0.15, 0.2) is 11.5 Å². The Kier molecular flexibility index (Phi) is 7.28. The van der Waals surface area contributed by atoms with E-state index in [1.54, 1.807) is 29.6 Å². The van der Waals surface area contributed by atoms with Crippen LogP contribution in [0.1, 0.15) is 75.9 Å². The molecule has 1 aliphatic heterocycles. The highest BCUT2D eigenvalue weighted by molar-refractivity contribution is 7.10. The minimum absolute atomic E-state index is 0.0174. The molecule has 8 nitrogen and oxygen atoms in total. The minimum Gasteiger partial charge on any atom is -0.491 e. The van der Waals surface area contributed by atoms with Crippen molar-refractivity contribution >= 4 is 45.6 Å². The first-order valence-electron chi connectivity index (χ1n) is 12.6. The van der Waals surface area contributed by atoms with Crippen LogP contribution in [-0.2, 0) is 0 Å². The van der Waals surface area contributed by atoms with Crippen LogP contribution in [0.3, 0.4) is 0 Å². The fourth-order valence-corrected chi connectivity index (χ4v) is 5.50. The summed E-state index contributed by atoms with van der Waals surface area (Å²) in [6.45, 7) is 6.67. The molecular weight excluding hydrogens is 502 g/mol. The number of hydrogen-bond donors (Lipinski definition) is 1. The van der Waals surface area contributed by atoms with Crippen molar-refractivity contribution in [2.45, 2.75) is 45.6 Å². The highest BCUT2D eigenvalue weighted by Gasteiger charge is 2.27. The fourth-order valence-electron chi connectivity index (χ4n) is 4.53. The van der Waals surface area contributed by atoms with Crippen molar-refractivity contribution in [3.8, 4) is 5.75 Å². The van der Waals surface area contributed by atoms with E-state index in [1.807, 2.05) is 43.0 Å². The maximum atomic E-state index is 13.0. The van der Waals surface area contributed by atoms with E-state index in [9.17, 15) is 14.4 Å². The molecule has 0 spiro atoms. The number of anilines is 1. The Balaban J connectivity index is 1.17. The maximum Gasteiger partial charge on any atom is 0.275 e. The quantitative estimate of drug-likeness (QED) is 0.287. The molecule has 1 fully saturated rings. The summed E-state index contributed by atoms with van der Waals surface area (Å²) in [5, 5.41) is 6.30. The Morgan fingerprint density at radius 1 is 1.08 bits per heavy atom. The number of ketones is 1. The number of likely N-dealkylation sites (tertiary alicyclic amines) is 1. The van der Waals surface area contributed by atoms with Crippen molar-refractivity contribution in [2.24, 2.45) is 0 Å². The monoisotopic (exact) mass is 531 g/mol. The van der Waals surface area contributed by atoms with E-state index in [1.165, 1.54) is 18.3 Å². The fraction of sp³-hybridized carbons (Fsp3) is 0.310. The van der Waals surface area contributed by atoms with Gasteiger partial charge >= 0.3 is 0 Å². The summed E-state index contributed by atoms with van der Waals surface area (Å²) in [6, 6.07) is 14.2. The molecule has 3 heterocycles. The predicted octanol–water partition coefficient (Wildman–Crippen LogP) is 6.15. The number of ether oxygens (including phenoxy) is 1. The standard InChI is InChI=1S/C29H29N3O5S/c1-17(2)36-23-7-4-20(5-8-23)29(35)32-12-10-19(11-13-32)28-31-24(16-38-28)27(34)30-22-6-9-25-21(14-22)15-26(37-25)18(3)33/h4-9,14-17,19H,10-13H2,1-3H3,(H,30,34). The summed E-state index contributed by atoms with van der Waals surface area (Å²) in [5.74, 6) is 0.823. The van der Waals surface area contributed by atoms with Crippen LogP contribution in [0.5, 0.6) is 5.75 Å². The number of aromatic nitrogens is 1. The summed E-state index contributed by atoms with van der Waals surface area (Å²) in [4.78, 5) is 43.8. The van der Waals surface area contributed by atoms with Gasteiger partial charge in [-0.3, -0.25) is 14.4 Å². The van der Waals surface area contributed by atoms with Crippen molar-refractivity contribution < 1.29 is 23.5 Å². The molecule has 0 unspecified atom stereocenters. The van der Waals surface area contributed by atoms with Crippen LogP contribution in [0.15, 0.2) is 58.3 Å². The number of thiazole rings is 1. The number of piperidine rings is 1. The Hall–Kier alpha value is -3.98. The molecule has 5 rings (SSSR count). The van der Waals surface area contributed by atoms with Gasteiger partial charge in [0, 0.05) is 47.9 Å². The van der Waals surface area contributed by atoms with E-state index in [0.717, 1.165) is 29.0 Å². The smallest absolute Gasteiger partial charge is 0.275 e. The molecule has 0 radical (unpaired) electrons. The lowest BCUT2D eigenvalue weighted by Crippen LogP contribution is -2.37. The number of nitrogens with one attached hydrogen (secondary N) is 1. The van der Waals surface area contributed by atoms with Crippen LogP contribution in [0.4, 0.5) is 5.69 Å². The lowest BCUT2D eigenvalue weighted by atomic mass is 9.97. The number of amides is 2. The number of fused-ring (bicyclic) bond motifs is 1. The Bertz CT molecular complexity index is 1480. The second kappa shape index (κ2) is 10.8. The van der Waals surface area contributed by atoms with Gasteiger partial charge in [0.05, 0.1) is 11.1 Å². The summed E-state index contributed by atoms with van der Waals surface area (Å²) in [5.41, 5.74) is 2.21. The number of hydrogen-bond acceptors (Lipinski definition) is 7. The molecule has 0 saturated carbocycles. The average molecular weight is 532 g/mol. The van der Waals surface area contributed by atoms with Crippen molar-refractivity contribution in [3.63, 3.8) is 0 Å². The molecule has 0 atom stereocenters. The molecule has 2 aromatic heterocycles. The lowest BCUT2D eigenvalue weighted by Gasteiger charge is -2.31. The largest absolute Gasteiger partial charge is 0.491 e. The molecule has 1 aliphatic rings. The SMILES string of the molecule is CC(=O)c1cc2cc(NC(=O)c3csc(C4CCN(C(=O)c5ccc(OC(C)C)cc5)CC4)n3)ccc2o1. The molecule has 38 heavy (non-hydrogen) atoms. The molecule has 4 aromatic rings. The normalized spacial score (nSPS) is 14.2. The van der Waals surface area contributed by atoms with Crippen LogP contribution in [-0.4, -0.2) is 46.7 Å². The third kappa shape index (κ3) is 5.62. The van der Waals surface area contributed by atoms with Crippen molar-refractivity contribution in [1.82, 2.24) is 9.88 Å².